The van der Waals surface area contributed by atoms with Crippen LogP contribution in [0.25, 0.3) is 16.9 Å². The summed E-state index contributed by atoms with van der Waals surface area (Å²) >= 11 is 12.8. The number of pyridine rings is 1. The molecule has 0 amide bonds. The van der Waals surface area contributed by atoms with E-state index in [1.807, 2.05) is 37.3 Å². The van der Waals surface area contributed by atoms with E-state index < -0.39 is 0 Å². The molecule has 2 heterocycles. The molecule has 28 heavy (non-hydrogen) atoms. The molecule has 142 valence electrons. The molecule has 0 aliphatic heterocycles. The highest BCUT2D eigenvalue weighted by atomic mass is 35.5. The average Bonchev–Trinajstić information content (AvgIpc) is 3.03. The molecular weight excluding hydrogens is 396 g/mol. The number of halogens is 3. The number of fused-ring (bicyclic) bond motifs is 1. The molecule has 0 radical (unpaired) electrons. The fraction of sp³-hybridized carbons (Fsp3) is 0.136. The molecule has 4 rings (SSSR count). The molecule has 2 aromatic carbocycles. The molecule has 4 aromatic rings. The predicted molar refractivity (Wildman–Crippen MR) is 114 cm³/mol. The third-order valence-corrected chi connectivity index (χ3v) is 5.37. The summed E-state index contributed by atoms with van der Waals surface area (Å²) < 4.78 is 15.6. The first kappa shape index (κ1) is 18.8. The number of aryl methyl sites for hydroxylation is 2. The molecule has 0 aliphatic rings. The Kier molecular flexibility index (Phi) is 5.00. The lowest BCUT2D eigenvalue weighted by atomic mass is 10.1. The molecule has 0 saturated carbocycles. The van der Waals surface area contributed by atoms with E-state index in [1.165, 1.54) is 12.1 Å². The van der Waals surface area contributed by atoms with Gasteiger partial charge in [0.05, 0.1) is 15.7 Å². The van der Waals surface area contributed by atoms with Gasteiger partial charge in [0.25, 0.3) is 0 Å². The van der Waals surface area contributed by atoms with Gasteiger partial charge < -0.3 is 5.32 Å². The Morgan fingerprint density at radius 1 is 1.04 bits per heavy atom. The summed E-state index contributed by atoms with van der Waals surface area (Å²) in [5.41, 5.74) is 4.97. The number of hydrogen-bond acceptors (Lipinski definition) is 2. The second kappa shape index (κ2) is 7.46. The van der Waals surface area contributed by atoms with Crippen LogP contribution in [0.15, 0.2) is 54.6 Å². The highest BCUT2D eigenvalue weighted by molar-refractivity contribution is 6.34. The average molecular weight is 414 g/mol. The molecule has 0 spiro atoms. The molecule has 0 fully saturated rings. The maximum Gasteiger partial charge on any atom is 0.143 e. The molecule has 0 saturated heterocycles. The van der Waals surface area contributed by atoms with Crippen LogP contribution in [0.1, 0.15) is 18.2 Å². The minimum Gasteiger partial charge on any atom is -0.338 e. The number of hydrogen-bond donors (Lipinski definition) is 1. The smallest absolute Gasteiger partial charge is 0.143 e. The first-order valence-corrected chi connectivity index (χ1v) is 9.73. The van der Waals surface area contributed by atoms with Gasteiger partial charge in [-0.15, -0.1) is 0 Å². The predicted octanol–water partition coefficient (Wildman–Crippen LogP) is 7.06. The van der Waals surface area contributed by atoms with Gasteiger partial charge in [-0.25, -0.2) is 9.37 Å². The lowest BCUT2D eigenvalue weighted by molar-refractivity contribution is 0.628. The Bertz CT molecular complexity index is 1160. The third-order valence-electron chi connectivity index (χ3n) is 4.74. The van der Waals surface area contributed by atoms with E-state index in [1.54, 1.807) is 6.07 Å². The van der Waals surface area contributed by atoms with Gasteiger partial charge in [0.2, 0.25) is 0 Å². The number of rotatable bonds is 4. The topological polar surface area (TPSA) is 29.3 Å². The van der Waals surface area contributed by atoms with Crippen LogP contribution < -0.4 is 5.32 Å². The lowest BCUT2D eigenvalue weighted by Crippen LogP contribution is -2.03. The Hall–Kier alpha value is -2.56. The van der Waals surface area contributed by atoms with E-state index in [-0.39, 0.29) is 5.82 Å². The van der Waals surface area contributed by atoms with Gasteiger partial charge in [0, 0.05) is 11.3 Å². The first-order chi connectivity index (χ1) is 13.5. The number of benzene rings is 2. The Balaban J connectivity index is 2.01. The molecule has 3 nitrogen and oxygen atoms in total. The number of imidazole rings is 1. The molecule has 1 N–H and O–H groups in total. The van der Waals surface area contributed by atoms with Crippen molar-refractivity contribution in [2.24, 2.45) is 0 Å². The maximum absolute atomic E-state index is 13.6. The van der Waals surface area contributed by atoms with Gasteiger partial charge in [0.1, 0.15) is 23.0 Å². The zero-order valence-electron chi connectivity index (χ0n) is 15.4. The van der Waals surface area contributed by atoms with Crippen LogP contribution in [0.4, 0.5) is 15.9 Å². The number of nitrogens with zero attached hydrogens (tertiary/aromatic N) is 2. The molecule has 0 unspecified atom stereocenters. The normalized spacial score (nSPS) is 11.2. The van der Waals surface area contributed by atoms with Gasteiger partial charge in [-0.3, -0.25) is 4.40 Å². The Morgan fingerprint density at radius 2 is 1.82 bits per heavy atom. The minimum atomic E-state index is -0.386. The summed E-state index contributed by atoms with van der Waals surface area (Å²) in [5, 5.41) is 4.38. The van der Waals surface area contributed by atoms with Crippen molar-refractivity contribution in [2.75, 3.05) is 5.32 Å². The van der Waals surface area contributed by atoms with Gasteiger partial charge in [-0.05, 0) is 55.3 Å². The van der Waals surface area contributed by atoms with E-state index in [2.05, 4.69) is 22.7 Å². The lowest BCUT2D eigenvalue weighted by Gasteiger charge is -2.15. The quantitative estimate of drug-likeness (QED) is 0.387. The summed E-state index contributed by atoms with van der Waals surface area (Å²) in [6.45, 7) is 4.08. The molecular formula is C22H18Cl2FN3. The van der Waals surface area contributed by atoms with Crippen LogP contribution in [-0.2, 0) is 6.42 Å². The summed E-state index contributed by atoms with van der Waals surface area (Å²) in [7, 11) is 0. The van der Waals surface area contributed by atoms with E-state index in [4.69, 9.17) is 28.2 Å². The fourth-order valence-electron chi connectivity index (χ4n) is 3.33. The summed E-state index contributed by atoms with van der Waals surface area (Å²) in [4.78, 5) is 4.79. The number of para-hydroxylation sites is 1. The first-order valence-electron chi connectivity index (χ1n) is 8.97. The summed E-state index contributed by atoms with van der Waals surface area (Å²) in [6.07, 6.45) is 0.820. The van der Waals surface area contributed by atoms with E-state index in [9.17, 15) is 4.39 Å². The molecule has 0 aliphatic carbocycles. The monoisotopic (exact) mass is 413 g/mol. The molecule has 2 aromatic heterocycles. The molecule has 0 atom stereocenters. The van der Waals surface area contributed by atoms with Crippen LogP contribution in [0.3, 0.4) is 0 Å². The van der Waals surface area contributed by atoms with Crippen LogP contribution in [0.5, 0.6) is 0 Å². The second-order valence-corrected chi connectivity index (χ2v) is 7.37. The van der Waals surface area contributed by atoms with Crippen molar-refractivity contribution in [1.29, 1.82) is 0 Å². The van der Waals surface area contributed by atoms with Crippen molar-refractivity contribution in [3.8, 4) is 11.3 Å². The van der Waals surface area contributed by atoms with Crippen molar-refractivity contribution in [3.05, 3.63) is 81.7 Å². The van der Waals surface area contributed by atoms with Crippen molar-refractivity contribution in [1.82, 2.24) is 9.38 Å². The highest BCUT2D eigenvalue weighted by Crippen LogP contribution is 2.38. The zero-order chi connectivity index (χ0) is 19.8. The molecule has 0 bridgehead atoms. The van der Waals surface area contributed by atoms with Crippen LogP contribution in [0, 0.1) is 12.7 Å². The maximum atomic E-state index is 13.6. The van der Waals surface area contributed by atoms with Crippen molar-refractivity contribution < 1.29 is 4.39 Å². The third kappa shape index (κ3) is 3.23. The van der Waals surface area contributed by atoms with E-state index >= 15 is 0 Å². The fourth-order valence-corrected chi connectivity index (χ4v) is 3.86. The minimum absolute atomic E-state index is 0.306. The van der Waals surface area contributed by atoms with E-state index in [0.29, 0.717) is 21.3 Å². The summed E-state index contributed by atoms with van der Waals surface area (Å²) in [5.74, 6) is 0.361. The standard InChI is InChI=1S/C22H18Cl2FN3/c1-3-15-7-5-9-19-26-21(16-11-10-14(25)12-18(16)24)22(28(15)19)27-20-13(2)6-4-8-17(20)23/h4-12,27H,3H2,1-2H3. The number of anilines is 2. The largest absolute Gasteiger partial charge is 0.338 e. The Morgan fingerprint density at radius 3 is 2.54 bits per heavy atom. The summed E-state index contributed by atoms with van der Waals surface area (Å²) in [6, 6.07) is 16.0. The van der Waals surface area contributed by atoms with Crippen LogP contribution >= 0.6 is 23.2 Å². The van der Waals surface area contributed by atoms with E-state index in [0.717, 1.165) is 34.8 Å². The molecule has 6 heteroatoms. The van der Waals surface area contributed by atoms with Gasteiger partial charge >= 0.3 is 0 Å². The van der Waals surface area contributed by atoms with Crippen molar-refractivity contribution >= 4 is 40.4 Å². The van der Waals surface area contributed by atoms with Gasteiger partial charge in [-0.2, -0.15) is 0 Å². The SMILES string of the molecule is CCc1cccc2nc(-c3ccc(F)cc3Cl)c(Nc3c(C)cccc3Cl)n12. The second-order valence-electron chi connectivity index (χ2n) is 6.55. The van der Waals surface area contributed by atoms with Crippen LogP contribution in [0.2, 0.25) is 10.0 Å². The van der Waals surface area contributed by atoms with Crippen LogP contribution in [-0.4, -0.2) is 9.38 Å². The van der Waals surface area contributed by atoms with Crippen molar-refractivity contribution in [3.63, 3.8) is 0 Å². The zero-order valence-corrected chi connectivity index (χ0v) is 16.9. The van der Waals surface area contributed by atoms with Gasteiger partial charge in [-0.1, -0.05) is 48.3 Å². The van der Waals surface area contributed by atoms with Gasteiger partial charge in [0.15, 0.2) is 0 Å². The van der Waals surface area contributed by atoms with Crippen molar-refractivity contribution in [2.45, 2.75) is 20.3 Å². The number of aromatic nitrogens is 2. The Labute approximate surface area is 172 Å². The number of nitrogens with one attached hydrogen (secondary N) is 1. The highest BCUT2D eigenvalue weighted by Gasteiger charge is 2.20.